The van der Waals surface area contributed by atoms with Gasteiger partial charge in [-0.05, 0) is 30.7 Å². The molecule has 72 valence electrons. The van der Waals surface area contributed by atoms with Gasteiger partial charge in [-0.1, -0.05) is 26.2 Å². The maximum absolute atomic E-state index is 9.12. The number of nitrogens with two attached hydrogens (primary N) is 1. The first-order valence-corrected chi connectivity index (χ1v) is 5.10. The molecule has 0 aromatic carbocycles. The number of aliphatic hydroxyl groups excluding tert-OH is 1. The van der Waals surface area contributed by atoms with E-state index in [1.165, 1.54) is 25.7 Å². The van der Waals surface area contributed by atoms with Gasteiger partial charge in [0, 0.05) is 6.61 Å². The standard InChI is InChI=1S/C10H21NO/c1-8-4-2-3-5-10(8)9(6-11)7-12/h8-10,12H,2-7,11H2,1H3. The van der Waals surface area contributed by atoms with Gasteiger partial charge in [-0.3, -0.25) is 0 Å². The largest absolute Gasteiger partial charge is 0.396 e. The molecule has 0 radical (unpaired) electrons. The highest BCUT2D eigenvalue weighted by molar-refractivity contribution is 4.78. The summed E-state index contributed by atoms with van der Waals surface area (Å²) in [6, 6.07) is 0. The Hall–Kier alpha value is -0.0800. The van der Waals surface area contributed by atoms with Gasteiger partial charge in [-0.2, -0.15) is 0 Å². The van der Waals surface area contributed by atoms with E-state index in [0.29, 0.717) is 18.4 Å². The van der Waals surface area contributed by atoms with Crippen LogP contribution in [0.25, 0.3) is 0 Å². The van der Waals surface area contributed by atoms with E-state index < -0.39 is 0 Å². The summed E-state index contributed by atoms with van der Waals surface area (Å²) in [6.07, 6.45) is 5.27. The summed E-state index contributed by atoms with van der Waals surface area (Å²) in [7, 11) is 0. The molecule has 0 aromatic rings. The van der Waals surface area contributed by atoms with Crippen molar-refractivity contribution in [3.63, 3.8) is 0 Å². The summed E-state index contributed by atoms with van der Waals surface area (Å²) in [5.41, 5.74) is 5.62. The highest BCUT2D eigenvalue weighted by Gasteiger charge is 2.27. The Morgan fingerprint density at radius 2 is 2.08 bits per heavy atom. The molecular weight excluding hydrogens is 150 g/mol. The van der Waals surface area contributed by atoms with Gasteiger partial charge in [0.1, 0.15) is 0 Å². The summed E-state index contributed by atoms with van der Waals surface area (Å²) in [5, 5.41) is 9.12. The molecule has 3 N–H and O–H groups in total. The monoisotopic (exact) mass is 171 g/mol. The Balaban J connectivity index is 2.45. The molecule has 0 aromatic heterocycles. The van der Waals surface area contributed by atoms with Crippen molar-refractivity contribution in [1.29, 1.82) is 0 Å². The van der Waals surface area contributed by atoms with Crippen LogP contribution in [-0.2, 0) is 0 Å². The molecule has 1 aliphatic carbocycles. The third-order valence-electron chi connectivity index (χ3n) is 3.32. The minimum atomic E-state index is 0.269. The third kappa shape index (κ3) is 2.20. The van der Waals surface area contributed by atoms with Gasteiger partial charge in [0.2, 0.25) is 0 Å². The molecule has 0 spiro atoms. The van der Waals surface area contributed by atoms with Crippen LogP contribution < -0.4 is 5.73 Å². The van der Waals surface area contributed by atoms with Crippen LogP contribution >= 0.6 is 0 Å². The molecule has 2 heteroatoms. The Labute approximate surface area is 75.2 Å². The molecule has 3 atom stereocenters. The van der Waals surface area contributed by atoms with Crippen LogP contribution in [0.15, 0.2) is 0 Å². The first-order valence-electron chi connectivity index (χ1n) is 5.10. The maximum Gasteiger partial charge on any atom is 0.0474 e. The minimum Gasteiger partial charge on any atom is -0.396 e. The highest BCUT2D eigenvalue weighted by Crippen LogP contribution is 2.34. The lowest BCUT2D eigenvalue weighted by molar-refractivity contribution is 0.115. The average molecular weight is 171 g/mol. The Morgan fingerprint density at radius 1 is 1.42 bits per heavy atom. The first-order chi connectivity index (χ1) is 5.79. The lowest BCUT2D eigenvalue weighted by atomic mass is 9.73. The lowest BCUT2D eigenvalue weighted by Crippen LogP contribution is -2.32. The van der Waals surface area contributed by atoms with E-state index in [9.17, 15) is 0 Å². The second kappa shape index (κ2) is 4.83. The van der Waals surface area contributed by atoms with Crippen molar-refractivity contribution in [2.24, 2.45) is 23.5 Å². The average Bonchev–Trinajstić information content (AvgIpc) is 2.10. The second-order valence-electron chi connectivity index (χ2n) is 4.10. The van der Waals surface area contributed by atoms with Crippen molar-refractivity contribution in [3.8, 4) is 0 Å². The molecule has 3 unspecified atom stereocenters. The summed E-state index contributed by atoms with van der Waals surface area (Å²) in [4.78, 5) is 0. The third-order valence-corrected chi connectivity index (χ3v) is 3.32. The maximum atomic E-state index is 9.12. The van der Waals surface area contributed by atoms with Crippen LogP contribution in [0, 0.1) is 17.8 Å². The Bertz CT molecular complexity index is 123. The molecule has 1 fully saturated rings. The van der Waals surface area contributed by atoms with Crippen LogP contribution in [0.4, 0.5) is 0 Å². The van der Waals surface area contributed by atoms with Gasteiger partial charge < -0.3 is 10.8 Å². The zero-order chi connectivity index (χ0) is 8.97. The van der Waals surface area contributed by atoms with Crippen molar-refractivity contribution in [2.45, 2.75) is 32.6 Å². The lowest BCUT2D eigenvalue weighted by Gasteiger charge is -2.33. The molecule has 0 bridgehead atoms. The number of aliphatic hydroxyl groups is 1. The van der Waals surface area contributed by atoms with E-state index >= 15 is 0 Å². The highest BCUT2D eigenvalue weighted by atomic mass is 16.3. The van der Waals surface area contributed by atoms with Crippen molar-refractivity contribution in [3.05, 3.63) is 0 Å². The molecule has 1 rings (SSSR count). The second-order valence-corrected chi connectivity index (χ2v) is 4.10. The predicted octanol–water partition coefficient (Wildman–Crippen LogP) is 1.38. The predicted molar refractivity (Wildman–Crippen MR) is 50.8 cm³/mol. The molecule has 0 aliphatic heterocycles. The number of rotatable bonds is 3. The molecule has 0 saturated heterocycles. The molecule has 0 heterocycles. The van der Waals surface area contributed by atoms with Crippen molar-refractivity contribution < 1.29 is 5.11 Å². The summed E-state index contributed by atoms with van der Waals surface area (Å²) in [5.74, 6) is 1.79. The summed E-state index contributed by atoms with van der Waals surface area (Å²) >= 11 is 0. The summed E-state index contributed by atoms with van der Waals surface area (Å²) < 4.78 is 0. The molecule has 1 saturated carbocycles. The fourth-order valence-electron chi connectivity index (χ4n) is 2.43. The van der Waals surface area contributed by atoms with Crippen molar-refractivity contribution >= 4 is 0 Å². The molecular formula is C10H21NO. The van der Waals surface area contributed by atoms with Crippen LogP contribution in [0.1, 0.15) is 32.6 Å². The molecule has 12 heavy (non-hydrogen) atoms. The van der Waals surface area contributed by atoms with Gasteiger partial charge >= 0.3 is 0 Å². The topological polar surface area (TPSA) is 46.2 Å². The van der Waals surface area contributed by atoms with E-state index in [1.807, 2.05) is 0 Å². The van der Waals surface area contributed by atoms with E-state index in [2.05, 4.69) is 6.92 Å². The molecule has 2 nitrogen and oxygen atoms in total. The normalized spacial score (nSPS) is 33.2. The zero-order valence-electron chi connectivity index (χ0n) is 8.00. The van der Waals surface area contributed by atoms with Gasteiger partial charge in [-0.15, -0.1) is 0 Å². The van der Waals surface area contributed by atoms with Crippen LogP contribution in [0.5, 0.6) is 0 Å². The molecule has 1 aliphatic rings. The Kier molecular flexibility index (Phi) is 4.02. The van der Waals surface area contributed by atoms with Gasteiger partial charge in [0.25, 0.3) is 0 Å². The van der Waals surface area contributed by atoms with Crippen molar-refractivity contribution in [1.82, 2.24) is 0 Å². The van der Waals surface area contributed by atoms with Crippen LogP contribution in [0.2, 0.25) is 0 Å². The van der Waals surface area contributed by atoms with E-state index in [0.717, 1.165) is 5.92 Å². The van der Waals surface area contributed by atoms with Gasteiger partial charge in [0.15, 0.2) is 0 Å². The molecule has 0 amide bonds. The fourth-order valence-corrected chi connectivity index (χ4v) is 2.43. The first kappa shape index (κ1) is 10.0. The van der Waals surface area contributed by atoms with Crippen LogP contribution in [-0.4, -0.2) is 18.3 Å². The summed E-state index contributed by atoms with van der Waals surface area (Å²) in [6.45, 7) is 3.21. The van der Waals surface area contributed by atoms with E-state index in [4.69, 9.17) is 10.8 Å². The number of hydrogen-bond acceptors (Lipinski definition) is 2. The minimum absolute atomic E-state index is 0.269. The number of hydrogen-bond donors (Lipinski definition) is 2. The van der Waals surface area contributed by atoms with Gasteiger partial charge in [-0.25, -0.2) is 0 Å². The SMILES string of the molecule is CC1CCCCC1C(CN)CO. The fraction of sp³-hybridized carbons (Fsp3) is 1.00. The Morgan fingerprint density at radius 3 is 2.58 bits per heavy atom. The van der Waals surface area contributed by atoms with Gasteiger partial charge in [0.05, 0.1) is 0 Å². The van der Waals surface area contributed by atoms with E-state index in [-0.39, 0.29) is 6.61 Å². The quantitative estimate of drug-likeness (QED) is 0.674. The zero-order valence-corrected chi connectivity index (χ0v) is 8.00. The van der Waals surface area contributed by atoms with E-state index in [1.54, 1.807) is 0 Å². The van der Waals surface area contributed by atoms with Crippen molar-refractivity contribution in [2.75, 3.05) is 13.2 Å². The van der Waals surface area contributed by atoms with Crippen LogP contribution in [0.3, 0.4) is 0 Å². The smallest absolute Gasteiger partial charge is 0.0474 e.